The summed E-state index contributed by atoms with van der Waals surface area (Å²) < 4.78 is 25.6. The predicted octanol–water partition coefficient (Wildman–Crippen LogP) is 3.50. The lowest BCUT2D eigenvalue weighted by Gasteiger charge is -2.10. The number of nitrogens with two attached hydrogens (primary N) is 1. The van der Waals surface area contributed by atoms with E-state index in [2.05, 4.69) is 58.0 Å². The molecule has 0 aliphatic heterocycles. The van der Waals surface area contributed by atoms with Crippen LogP contribution in [0.3, 0.4) is 0 Å². The summed E-state index contributed by atoms with van der Waals surface area (Å²) in [6, 6.07) is 13.1. The molecule has 10 nitrogen and oxygen atoms in total. The van der Waals surface area contributed by atoms with Crippen molar-refractivity contribution in [1.82, 2.24) is 19.5 Å². The maximum atomic E-state index is 11.8. The number of sulfonamides is 1. The molecule has 2 heterocycles. The third kappa shape index (κ3) is 5.26. The maximum Gasteiger partial charge on any atom is 0.238 e. The van der Waals surface area contributed by atoms with Gasteiger partial charge in [0.15, 0.2) is 0 Å². The first-order chi connectivity index (χ1) is 16.1. The number of hydrogen-bond donors (Lipinski definition) is 4. The van der Waals surface area contributed by atoms with Crippen LogP contribution < -0.4 is 21.1 Å². The monoisotopic (exact) mass is 480 g/mol. The van der Waals surface area contributed by atoms with E-state index < -0.39 is 10.0 Å². The first kappa shape index (κ1) is 23.5. The molecule has 0 aliphatic rings. The number of aryl methyl sites for hydroxylation is 2. The minimum atomic E-state index is -3.82. The van der Waals surface area contributed by atoms with E-state index >= 15 is 0 Å². The fourth-order valence-electron chi connectivity index (χ4n) is 3.57. The maximum absolute atomic E-state index is 11.8. The molecule has 0 saturated carbocycles. The Hall–Kier alpha value is -3.70. The Balaban J connectivity index is 1.47. The van der Waals surface area contributed by atoms with Gasteiger partial charge in [0, 0.05) is 31.5 Å². The Kier molecular flexibility index (Phi) is 6.40. The van der Waals surface area contributed by atoms with Crippen LogP contribution in [0.25, 0.3) is 11.0 Å². The van der Waals surface area contributed by atoms with Crippen molar-refractivity contribution < 1.29 is 8.42 Å². The summed E-state index contributed by atoms with van der Waals surface area (Å²) in [6.45, 7) is 6.40. The lowest BCUT2D eigenvalue weighted by molar-refractivity contribution is 0.597. The van der Waals surface area contributed by atoms with Gasteiger partial charge in [-0.15, -0.1) is 0 Å². The first-order valence-corrected chi connectivity index (χ1v) is 12.3. The van der Waals surface area contributed by atoms with E-state index in [9.17, 15) is 8.42 Å². The molecule has 34 heavy (non-hydrogen) atoms. The number of rotatable bonds is 8. The molecule has 4 aromatic rings. The number of aromatic nitrogens is 4. The molecule has 5 N–H and O–H groups in total. The largest absolute Gasteiger partial charge is 0.366 e. The molecule has 0 unspecified atom stereocenters. The van der Waals surface area contributed by atoms with Gasteiger partial charge >= 0.3 is 0 Å². The van der Waals surface area contributed by atoms with Crippen molar-refractivity contribution in [3.05, 3.63) is 59.8 Å². The highest BCUT2D eigenvalue weighted by Crippen LogP contribution is 2.23. The van der Waals surface area contributed by atoms with E-state index in [0.717, 1.165) is 22.5 Å². The number of fused-ring (bicyclic) bond motifs is 1. The van der Waals surface area contributed by atoms with Gasteiger partial charge in [0.2, 0.25) is 21.9 Å². The van der Waals surface area contributed by atoms with E-state index in [4.69, 9.17) is 10.1 Å². The third-order valence-electron chi connectivity index (χ3n) is 5.24. The zero-order valence-corrected chi connectivity index (χ0v) is 20.3. The van der Waals surface area contributed by atoms with E-state index in [1.54, 1.807) is 31.3 Å². The minimum Gasteiger partial charge on any atom is -0.366 e. The lowest BCUT2D eigenvalue weighted by Crippen LogP contribution is -2.14. The molecule has 4 rings (SSSR count). The van der Waals surface area contributed by atoms with Crippen LogP contribution >= 0.6 is 0 Å². The average Bonchev–Trinajstić information content (AvgIpc) is 3.07. The zero-order chi connectivity index (χ0) is 24.5. The second-order valence-electron chi connectivity index (χ2n) is 8.39. The molecule has 11 heteroatoms. The van der Waals surface area contributed by atoms with Crippen LogP contribution in [0, 0.1) is 6.92 Å². The van der Waals surface area contributed by atoms with Crippen LogP contribution in [0.4, 0.5) is 23.4 Å². The van der Waals surface area contributed by atoms with Crippen molar-refractivity contribution in [3.8, 4) is 0 Å². The Morgan fingerprint density at radius 1 is 1.09 bits per heavy atom. The number of anilines is 4. The van der Waals surface area contributed by atoms with Gasteiger partial charge in [-0.25, -0.2) is 23.5 Å². The minimum absolute atomic E-state index is 0.0587. The van der Waals surface area contributed by atoms with Crippen molar-refractivity contribution in [2.45, 2.75) is 38.3 Å². The van der Waals surface area contributed by atoms with Crippen molar-refractivity contribution in [2.24, 2.45) is 12.2 Å². The summed E-state index contributed by atoms with van der Waals surface area (Å²) in [5, 5.41) is 15.0. The molecule has 0 bridgehead atoms. The number of nitrogens with one attached hydrogen (secondary N) is 3. The highest BCUT2D eigenvalue weighted by atomic mass is 32.2. The van der Waals surface area contributed by atoms with Crippen molar-refractivity contribution >= 4 is 44.5 Å². The smallest absolute Gasteiger partial charge is 0.238 e. The highest BCUT2D eigenvalue weighted by molar-refractivity contribution is 7.89. The van der Waals surface area contributed by atoms with E-state index in [0.29, 0.717) is 35.6 Å². The molecule has 0 aliphatic carbocycles. The fourth-order valence-corrected chi connectivity index (χ4v) is 4.37. The molecular weight excluding hydrogens is 452 g/mol. The van der Waals surface area contributed by atoms with E-state index in [1.807, 2.05) is 11.6 Å². The summed E-state index contributed by atoms with van der Waals surface area (Å²) >= 11 is 0. The number of benzene rings is 2. The number of nitrogens with zero attached hydrogens (tertiary/aromatic N) is 4. The van der Waals surface area contributed by atoms with Gasteiger partial charge in [-0.3, -0.25) is 0 Å². The van der Waals surface area contributed by atoms with Crippen molar-refractivity contribution in [2.75, 3.05) is 16.0 Å². The van der Waals surface area contributed by atoms with Gasteiger partial charge in [-0.2, -0.15) is 4.98 Å². The lowest BCUT2D eigenvalue weighted by atomic mass is 10.2. The summed E-state index contributed by atoms with van der Waals surface area (Å²) in [5.41, 5.74) is 4.13. The third-order valence-corrected chi connectivity index (χ3v) is 6.30. The fraction of sp³-hybridized carbons (Fsp3) is 0.261. The van der Waals surface area contributed by atoms with Gasteiger partial charge in [-0.1, -0.05) is 12.1 Å². The van der Waals surface area contributed by atoms with Crippen LogP contribution in [0.15, 0.2) is 53.6 Å². The number of hydrogen-bond acceptors (Lipinski definition) is 8. The van der Waals surface area contributed by atoms with Gasteiger partial charge in [0.25, 0.3) is 0 Å². The SMILES string of the molecule is Cc1ccc(Nc2nccc(NCc3ccc4c(c3)nc(NC(C)C)n4C)n2)cc1S(N)(=O)=O. The summed E-state index contributed by atoms with van der Waals surface area (Å²) in [6.07, 6.45) is 1.62. The average molecular weight is 481 g/mol. The molecule has 0 amide bonds. The summed E-state index contributed by atoms with van der Waals surface area (Å²) in [7, 11) is -1.83. The standard InChI is InChI=1S/C23H28N8O2S/c1-14(2)27-23-29-18-11-16(6-8-19(18)31(23)4)13-26-21-9-10-25-22(30-21)28-17-7-5-15(3)20(12-17)34(24,32)33/h5-12,14H,13H2,1-4H3,(H,27,29)(H2,24,32,33)(H2,25,26,28,30). The zero-order valence-electron chi connectivity index (χ0n) is 19.5. The van der Waals surface area contributed by atoms with Crippen LogP contribution in [-0.4, -0.2) is 34.0 Å². The second kappa shape index (κ2) is 9.27. The molecule has 2 aromatic carbocycles. The topological polar surface area (TPSA) is 140 Å². The Morgan fingerprint density at radius 3 is 2.62 bits per heavy atom. The summed E-state index contributed by atoms with van der Waals surface area (Å²) in [4.78, 5) is 13.4. The Morgan fingerprint density at radius 2 is 1.88 bits per heavy atom. The number of primary sulfonamides is 1. The normalized spacial score (nSPS) is 11.7. The molecular formula is C23H28N8O2S. The first-order valence-electron chi connectivity index (χ1n) is 10.8. The van der Waals surface area contributed by atoms with Gasteiger partial charge < -0.3 is 20.5 Å². The van der Waals surface area contributed by atoms with Crippen molar-refractivity contribution in [3.63, 3.8) is 0 Å². The predicted molar refractivity (Wildman–Crippen MR) is 135 cm³/mol. The van der Waals surface area contributed by atoms with E-state index in [1.165, 1.54) is 6.07 Å². The Bertz CT molecular complexity index is 1450. The molecule has 0 spiro atoms. The highest BCUT2D eigenvalue weighted by Gasteiger charge is 2.13. The van der Waals surface area contributed by atoms with Gasteiger partial charge in [0.1, 0.15) is 5.82 Å². The van der Waals surface area contributed by atoms with Crippen LogP contribution in [0.1, 0.15) is 25.0 Å². The molecule has 0 radical (unpaired) electrons. The Labute approximate surface area is 198 Å². The van der Waals surface area contributed by atoms with Crippen LogP contribution in [0.2, 0.25) is 0 Å². The number of imidazole rings is 1. The van der Waals surface area contributed by atoms with Crippen LogP contribution in [0.5, 0.6) is 0 Å². The molecule has 0 fully saturated rings. The van der Waals surface area contributed by atoms with Gasteiger partial charge in [-0.05, 0) is 62.2 Å². The molecule has 0 atom stereocenters. The molecule has 0 saturated heterocycles. The van der Waals surface area contributed by atoms with Gasteiger partial charge in [0.05, 0.1) is 15.9 Å². The van der Waals surface area contributed by atoms with Crippen LogP contribution in [-0.2, 0) is 23.6 Å². The second-order valence-corrected chi connectivity index (χ2v) is 9.92. The van der Waals surface area contributed by atoms with Crippen molar-refractivity contribution in [1.29, 1.82) is 0 Å². The molecule has 2 aromatic heterocycles. The molecule has 178 valence electrons. The summed E-state index contributed by atoms with van der Waals surface area (Å²) in [5.74, 6) is 1.79. The quantitative estimate of drug-likeness (QED) is 0.300. The van der Waals surface area contributed by atoms with E-state index in [-0.39, 0.29) is 4.90 Å².